The number of hydrogen-bond donors (Lipinski definition) is 0. The van der Waals surface area contributed by atoms with Crippen molar-refractivity contribution in [3.8, 4) is 34.0 Å². The maximum atomic E-state index is 5.31. The first-order valence-electron chi connectivity index (χ1n) is 19.1. The lowest BCUT2D eigenvalue weighted by Gasteiger charge is -2.12. The standard InChI is InChI=1S/C52H32N4/c1-2-14-38(15-3-1)55-47-21-11-8-18-43(47)50-40-28-24-37(30-36(40)25-29-48(50)55)51-42-17-6-9-19-45(42)53-52(54-51)33-22-26-39(27-23-33)56-46-20-10-7-16-41(46)44-31-34-12-4-5-13-35(34)32-49(44)56/h1-32H. The molecular weight excluding hydrogens is 681 g/mol. The first kappa shape index (κ1) is 30.9. The summed E-state index contributed by atoms with van der Waals surface area (Å²) in [5.74, 6) is 0.708. The van der Waals surface area contributed by atoms with Gasteiger partial charge in [-0.3, -0.25) is 0 Å². The summed E-state index contributed by atoms with van der Waals surface area (Å²) in [6.45, 7) is 0. The number of para-hydroxylation sites is 4. The van der Waals surface area contributed by atoms with E-state index in [1.807, 2.05) is 0 Å². The third-order valence-electron chi connectivity index (χ3n) is 11.5. The molecule has 9 aromatic carbocycles. The molecule has 4 heteroatoms. The summed E-state index contributed by atoms with van der Waals surface area (Å²) in [6.07, 6.45) is 0. The number of rotatable bonds is 4. The van der Waals surface area contributed by atoms with Crippen LogP contribution < -0.4 is 0 Å². The number of fused-ring (bicyclic) bond motifs is 10. The summed E-state index contributed by atoms with van der Waals surface area (Å²) < 4.78 is 4.74. The third-order valence-corrected chi connectivity index (χ3v) is 11.5. The molecule has 0 unspecified atom stereocenters. The van der Waals surface area contributed by atoms with Crippen LogP contribution in [0.1, 0.15) is 0 Å². The van der Waals surface area contributed by atoms with Gasteiger partial charge in [-0.25, -0.2) is 9.97 Å². The third kappa shape index (κ3) is 4.60. The highest BCUT2D eigenvalue weighted by molar-refractivity contribution is 6.22. The molecule has 0 N–H and O–H groups in total. The SMILES string of the molecule is c1ccc(-n2c3ccccc3c3c4ccc(-c5nc(-c6ccc(-n7c8ccccc8c8cc9ccccc9cc87)cc6)nc6ccccc56)cc4ccc32)cc1. The molecule has 12 aromatic rings. The fourth-order valence-corrected chi connectivity index (χ4v) is 8.92. The Bertz CT molecular complexity index is 3520. The topological polar surface area (TPSA) is 35.6 Å². The van der Waals surface area contributed by atoms with E-state index < -0.39 is 0 Å². The van der Waals surface area contributed by atoms with Crippen molar-refractivity contribution in [2.45, 2.75) is 0 Å². The summed E-state index contributed by atoms with van der Waals surface area (Å²) in [6, 6.07) is 69.6. The first-order chi connectivity index (χ1) is 27.8. The minimum Gasteiger partial charge on any atom is -0.309 e. The van der Waals surface area contributed by atoms with Crippen molar-refractivity contribution in [2.75, 3.05) is 0 Å². The second-order valence-corrected chi connectivity index (χ2v) is 14.6. The molecule has 0 fully saturated rings. The molecule has 3 heterocycles. The highest BCUT2D eigenvalue weighted by Gasteiger charge is 2.18. The maximum absolute atomic E-state index is 5.31. The number of benzene rings is 9. The Labute approximate surface area is 322 Å². The van der Waals surface area contributed by atoms with Crippen LogP contribution in [0.4, 0.5) is 0 Å². The van der Waals surface area contributed by atoms with Crippen LogP contribution in [-0.2, 0) is 0 Å². The van der Waals surface area contributed by atoms with Gasteiger partial charge in [0.1, 0.15) is 0 Å². The van der Waals surface area contributed by atoms with Crippen LogP contribution in [-0.4, -0.2) is 19.1 Å². The smallest absolute Gasteiger partial charge is 0.160 e. The molecule has 0 aliphatic carbocycles. The quantitative estimate of drug-likeness (QED) is 0.182. The van der Waals surface area contributed by atoms with Gasteiger partial charge in [0.25, 0.3) is 0 Å². The Morgan fingerprint density at radius 2 is 0.946 bits per heavy atom. The van der Waals surface area contributed by atoms with Gasteiger partial charge in [0.2, 0.25) is 0 Å². The van der Waals surface area contributed by atoms with Crippen molar-refractivity contribution < 1.29 is 0 Å². The Morgan fingerprint density at radius 3 is 1.77 bits per heavy atom. The van der Waals surface area contributed by atoms with Crippen LogP contribution in [0.2, 0.25) is 0 Å². The summed E-state index contributed by atoms with van der Waals surface area (Å²) in [5, 5.41) is 10.9. The minimum atomic E-state index is 0.708. The van der Waals surface area contributed by atoms with Gasteiger partial charge in [-0.2, -0.15) is 0 Å². The molecule has 0 saturated carbocycles. The van der Waals surface area contributed by atoms with E-state index >= 15 is 0 Å². The second kappa shape index (κ2) is 12.0. The van der Waals surface area contributed by atoms with Crippen LogP contribution in [0, 0.1) is 0 Å². The van der Waals surface area contributed by atoms with E-state index in [0.717, 1.165) is 39.1 Å². The van der Waals surface area contributed by atoms with Crippen molar-refractivity contribution in [1.29, 1.82) is 0 Å². The van der Waals surface area contributed by atoms with E-state index in [1.165, 1.54) is 65.2 Å². The minimum absolute atomic E-state index is 0.708. The summed E-state index contributed by atoms with van der Waals surface area (Å²) >= 11 is 0. The van der Waals surface area contributed by atoms with Crippen LogP contribution in [0.15, 0.2) is 194 Å². The van der Waals surface area contributed by atoms with Gasteiger partial charge in [0, 0.05) is 49.4 Å². The Hall–Kier alpha value is -7.56. The molecular formula is C52H32N4. The van der Waals surface area contributed by atoms with Crippen molar-refractivity contribution in [3.63, 3.8) is 0 Å². The lowest BCUT2D eigenvalue weighted by Crippen LogP contribution is -1.97. The normalized spacial score (nSPS) is 11.9. The molecule has 0 radical (unpaired) electrons. The highest BCUT2D eigenvalue weighted by atomic mass is 15.0. The molecule has 0 atom stereocenters. The molecule has 0 bridgehead atoms. The molecule has 56 heavy (non-hydrogen) atoms. The molecule has 12 rings (SSSR count). The van der Waals surface area contributed by atoms with Crippen LogP contribution in [0.5, 0.6) is 0 Å². The van der Waals surface area contributed by atoms with Gasteiger partial charge >= 0.3 is 0 Å². The van der Waals surface area contributed by atoms with Crippen molar-refractivity contribution in [2.24, 2.45) is 0 Å². The lowest BCUT2D eigenvalue weighted by molar-refractivity contribution is 1.17. The number of nitrogens with zero attached hydrogens (tertiary/aromatic N) is 4. The number of aromatic nitrogens is 4. The summed E-state index contributed by atoms with van der Waals surface area (Å²) in [4.78, 5) is 10.4. The largest absolute Gasteiger partial charge is 0.309 e. The van der Waals surface area contributed by atoms with Gasteiger partial charge in [-0.15, -0.1) is 0 Å². The van der Waals surface area contributed by atoms with E-state index in [9.17, 15) is 0 Å². The average molecular weight is 713 g/mol. The predicted molar refractivity (Wildman–Crippen MR) is 234 cm³/mol. The van der Waals surface area contributed by atoms with Gasteiger partial charge in [-0.05, 0) is 100 Å². The van der Waals surface area contributed by atoms with E-state index in [1.54, 1.807) is 0 Å². The Morgan fingerprint density at radius 1 is 0.321 bits per heavy atom. The molecule has 0 aliphatic rings. The van der Waals surface area contributed by atoms with Crippen molar-refractivity contribution in [3.05, 3.63) is 194 Å². The first-order valence-corrected chi connectivity index (χ1v) is 19.1. The molecule has 4 nitrogen and oxygen atoms in total. The summed E-state index contributed by atoms with van der Waals surface area (Å²) in [7, 11) is 0. The van der Waals surface area contributed by atoms with E-state index in [4.69, 9.17) is 9.97 Å². The van der Waals surface area contributed by atoms with E-state index in [0.29, 0.717) is 5.82 Å². The average Bonchev–Trinajstić information content (AvgIpc) is 3.78. The molecule has 0 spiro atoms. The van der Waals surface area contributed by atoms with Crippen LogP contribution >= 0.6 is 0 Å². The van der Waals surface area contributed by atoms with Gasteiger partial charge in [-0.1, -0.05) is 115 Å². The summed E-state index contributed by atoms with van der Waals surface area (Å²) in [5.41, 5.74) is 10.9. The molecule has 0 saturated heterocycles. The van der Waals surface area contributed by atoms with Crippen LogP contribution in [0.3, 0.4) is 0 Å². The maximum Gasteiger partial charge on any atom is 0.160 e. The molecule has 260 valence electrons. The van der Waals surface area contributed by atoms with E-state index in [-0.39, 0.29) is 0 Å². The second-order valence-electron chi connectivity index (χ2n) is 14.6. The Kier molecular flexibility index (Phi) is 6.60. The van der Waals surface area contributed by atoms with E-state index in [2.05, 4.69) is 203 Å². The number of hydrogen-bond acceptors (Lipinski definition) is 2. The molecule has 3 aromatic heterocycles. The fraction of sp³-hybridized carbons (Fsp3) is 0. The zero-order valence-electron chi connectivity index (χ0n) is 30.3. The highest BCUT2D eigenvalue weighted by Crippen LogP contribution is 2.40. The van der Waals surface area contributed by atoms with Crippen molar-refractivity contribution >= 4 is 76.1 Å². The zero-order chi connectivity index (χ0) is 36.7. The van der Waals surface area contributed by atoms with Gasteiger partial charge in [0.05, 0.1) is 33.3 Å². The van der Waals surface area contributed by atoms with Crippen LogP contribution in [0.25, 0.3) is 110 Å². The Balaban J connectivity index is 0.995. The van der Waals surface area contributed by atoms with Gasteiger partial charge < -0.3 is 9.13 Å². The molecule has 0 amide bonds. The zero-order valence-corrected chi connectivity index (χ0v) is 30.3. The fourth-order valence-electron chi connectivity index (χ4n) is 8.92. The van der Waals surface area contributed by atoms with Crippen molar-refractivity contribution in [1.82, 2.24) is 19.1 Å². The monoisotopic (exact) mass is 712 g/mol. The predicted octanol–water partition coefficient (Wildman–Crippen LogP) is 13.5. The lowest BCUT2D eigenvalue weighted by atomic mass is 9.99. The van der Waals surface area contributed by atoms with Gasteiger partial charge in [0.15, 0.2) is 5.82 Å². The molecule has 0 aliphatic heterocycles.